The van der Waals surface area contributed by atoms with Crippen LogP contribution in [-0.2, 0) is 4.84 Å². The SMILES string of the molecule is Cc1ccc(N2CCC(CON)CC2)c(Br)c1. The van der Waals surface area contributed by atoms with Gasteiger partial charge in [0.05, 0.1) is 12.3 Å². The van der Waals surface area contributed by atoms with Crippen LogP contribution in [0.3, 0.4) is 0 Å². The molecule has 1 aromatic rings. The number of rotatable bonds is 3. The molecule has 0 atom stereocenters. The topological polar surface area (TPSA) is 38.5 Å². The number of hydrogen-bond donors (Lipinski definition) is 1. The van der Waals surface area contributed by atoms with Crippen LogP contribution in [0.15, 0.2) is 22.7 Å². The second kappa shape index (κ2) is 5.85. The van der Waals surface area contributed by atoms with Gasteiger partial charge in [0.25, 0.3) is 0 Å². The molecule has 94 valence electrons. The van der Waals surface area contributed by atoms with E-state index < -0.39 is 0 Å². The van der Waals surface area contributed by atoms with Crippen LogP contribution in [0.1, 0.15) is 18.4 Å². The fourth-order valence-corrected chi connectivity index (χ4v) is 3.09. The van der Waals surface area contributed by atoms with Crippen molar-refractivity contribution in [1.29, 1.82) is 0 Å². The summed E-state index contributed by atoms with van der Waals surface area (Å²) in [6.45, 7) is 4.95. The van der Waals surface area contributed by atoms with E-state index in [9.17, 15) is 0 Å². The molecule has 1 aliphatic rings. The molecule has 0 radical (unpaired) electrons. The molecule has 1 saturated heterocycles. The number of nitrogens with zero attached hydrogens (tertiary/aromatic N) is 1. The highest BCUT2D eigenvalue weighted by molar-refractivity contribution is 9.10. The number of hydrogen-bond acceptors (Lipinski definition) is 3. The standard InChI is InChI=1S/C13H19BrN2O/c1-10-2-3-13(12(14)8-10)16-6-4-11(5-7-16)9-17-15/h2-3,8,11H,4-7,9,15H2,1H3. The monoisotopic (exact) mass is 298 g/mol. The van der Waals surface area contributed by atoms with Gasteiger partial charge in [0.15, 0.2) is 0 Å². The summed E-state index contributed by atoms with van der Waals surface area (Å²) in [5.41, 5.74) is 2.58. The summed E-state index contributed by atoms with van der Waals surface area (Å²) in [6, 6.07) is 6.53. The van der Waals surface area contributed by atoms with E-state index in [-0.39, 0.29) is 0 Å². The van der Waals surface area contributed by atoms with Crippen LogP contribution in [0.4, 0.5) is 5.69 Å². The average molecular weight is 299 g/mol. The summed E-state index contributed by atoms with van der Waals surface area (Å²) in [6.07, 6.45) is 2.30. The first kappa shape index (κ1) is 12.9. The lowest BCUT2D eigenvalue weighted by molar-refractivity contribution is 0.0918. The van der Waals surface area contributed by atoms with E-state index in [2.05, 4.69) is 46.0 Å². The van der Waals surface area contributed by atoms with Crippen molar-refractivity contribution in [2.45, 2.75) is 19.8 Å². The Morgan fingerprint density at radius 3 is 2.71 bits per heavy atom. The maximum absolute atomic E-state index is 5.12. The van der Waals surface area contributed by atoms with Crippen LogP contribution in [-0.4, -0.2) is 19.7 Å². The number of piperidine rings is 1. The van der Waals surface area contributed by atoms with Crippen LogP contribution in [0.5, 0.6) is 0 Å². The summed E-state index contributed by atoms with van der Waals surface area (Å²) in [5, 5.41) is 0. The van der Waals surface area contributed by atoms with Crippen molar-refractivity contribution in [2.24, 2.45) is 11.8 Å². The molecule has 0 aliphatic carbocycles. The summed E-state index contributed by atoms with van der Waals surface area (Å²) in [5.74, 6) is 5.74. The van der Waals surface area contributed by atoms with Crippen molar-refractivity contribution in [3.8, 4) is 0 Å². The molecule has 0 unspecified atom stereocenters. The van der Waals surface area contributed by atoms with Gasteiger partial charge in [-0.2, -0.15) is 0 Å². The van der Waals surface area contributed by atoms with Gasteiger partial charge in [-0.3, -0.25) is 0 Å². The lowest BCUT2D eigenvalue weighted by Crippen LogP contribution is -2.35. The Bertz CT molecular complexity index is 376. The summed E-state index contributed by atoms with van der Waals surface area (Å²) < 4.78 is 1.19. The fraction of sp³-hybridized carbons (Fsp3) is 0.538. The molecule has 1 fully saturated rings. The summed E-state index contributed by atoms with van der Waals surface area (Å²) in [7, 11) is 0. The van der Waals surface area contributed by atoms with Crippen molar-refractivity contribution in [3.05, 3.63) is 28.2 Å². The molecule has 0 saturated carbocycles. The predicted octanol–water partition coefficient (Wildman–Crippen LogP) is 2.86. The quantitative estimate of drug-likeness (QED) is 0.872. The third kappa shape index (κ3) is 3.21. The normalized spacial score (nSPS) is 17.5. The van der Waals surface area contributed by atoms with Gasteiger partial charge >= 0.3 is 0 Å². The van der Waals surface area contributed by atoms with Gasteiger partial charge in [0.2, 0.25) is 0 Å². The molecule has 2 N–H and O–H groups in total. The number of nitrogens with two attached hydrogens (primary N) is 1. The molecule has 0 aromatic heterocycles. The van der Waals surface area contributed by atoms with Crippen molar-refractivity contribution >= 4 is 21.6 Å². The first-order valence-electron chi connectivity index (χ1n) is 6.03. The first-order valence-corrected chi connectivity index (χ1v) is 6.83. The van der Waals surface area contributed by atoms with E-state index >= 15 is 0 Å². The lowest BCUT2D eigenvalue weighted by atomic mass is 9.97. The smallest absolute Gasteiger partial charge is 0.0708 e. The van der Waals surface area contributed by atoms with E-state index in [4.69, 9.17) is 10.7 Å². The van der Waals surface area contributed by atoms with Crippen LogP contribution >= 0.6 is 15.9 Å². The summed E-state index contributed by atoms with van der Waals surface area (Å²) in [4.78, 5) is 7.16. The Labute approximate surface area is 111 Å². The molecular weight excluding hydrogens is 280 g/mol. The van der Waals surface area contributed by atoms with Gasteiger partial charge in [-0.1, -0.05) is 6.07 Å². The van der Waals surface area contributed by atoms with Crippen LogP contribution in [0.2, 0.25) is 0 Å². The third-order valence-corrected chi connectivity index (χ3v) is 4.03. The Hall–Kier alpha value is -0.580. The van der Waals surface area contributed by atoms with Crippen molar-refractivity contribution in [3.63, 3.8) is 0 Å². The highest BCUT2D eigenvalue weighted by Crippen LogP contribution is 2.30. The highest BCUT2D eigenvalue weighted by atomic mass is 79.9. The van der Waals surface area contributed by atoms with Crippen molar-refractivity contribution in [1.82, 2.24) is 0 Å². The Balaban J connectivity index is 2.00. The second-order valence-electron chi connectivity index (χ2n) is 4.72. The predicted molar refractivity (Wildman–Crippen MR) is 74.0 cm³/mol. The molecule has 0 spiro atoms. The minimum atomic E-state index is 0.612. The van der Waals surface area contributed by atoms with E-state index in [0.717, 1.165) is 25.9 Å². The maximum Gasteiger partial charge on any atom is 0.0708 e. The second-order valence-corrected chi connectivity index (χ2v) is 5.57. The van der Waals surface area contributed by atoms with Gasteiger partial charge in [-0.15, -0.1) is 0 Å². The van der Waals surface area contributed by atoms with Crippen molar-refractivity contribution < 1.29 is 4.84 Å². The number of benzene rings is 1. The molecule has 0 amide bonds. The summed E-state index contributed by atoms with van der Waals surface area (Å²) >= 11 is 3.64. The Morgan fingerprint density at radius 2 is 2.12 bits per heavy atom. The molecule has 2 rings (SSSR count). The molecule has 1 heterocycles. The van der Waals surface area contributed by atoms with Crippen LogP contribution in [0.25, 0.3) is 0 Å². The zero-order valence-corrected chi connectivity index (χ0v) is 11.7. The van der Waals surface area contributed by atoms with E-state index in [0.29, 0.717) is 12.5 Å². The number of anilines is 1. The largest absolute Gasteiger partial charge is 0.371 e. The highest BCUT2D eigenvalue weighted by Gasteiger charge is 2.20. The van der Waals surface area contributed by atoms with Gasteiger partial charge in [-0.25, -0.2) is 5.90 Å². The Morgan fingerprint density at radius 1 is 1.41 bits per heavy atom. The van der Waals surface area contributed by atoms with E-state index in [1.165, 1.54) is 15.7 Å². The first-order chi connectivity index (χ1) is 8.20. The van der Waals surface area contributed by atoms with E-state index in [1.54, 1.807) is 0 Å². The molecule has 17 heavy (non-hydrogen) atoms. The van der Waals surface area contributed by atoms with Crippen LogP contribution in [0, 0.1) is 12.8 Å². The molecule has 1 aliphatic heterocycles. The van der Waals surface area contributed by atoms with Crippen molar-refractivity contribution in [2.75, 3.05) is 24.6 Å². The minimum Gasteiger partial charge on any atom is -0.371 e. The Kier molecular flexibility index (Phi) is 4.42. The lowest BCUT2D eigenvalue weighted by Gasteiger charge is -2.33. The molecule has 0 bridgehead atoms. The molecule has 4 heteroatoms. The minimum absolute atomic E-state index is 0.612. The molecule has 3 nitrogen and oxygen atoms in total. The number of aryl methyl sites for hydroxylation is 1. The van der Waals surface area contributed by atoms with Gasteiger partial charge in [0, 0.05) is 17.6 Å². The zero-order chi connectivity index (χ0) is 12.3. The van der Waals surface area contributed by atoms with Crippen LogP contribution < -0.4 is 10.8 Å². The zero-order valence-electron chi connectivity index (χ0n) is 10.2. The average Bonchev–Trinajstić information content (AvgIpc) is 2.31. The van der Waals surface area contributed by atoms with Gasteiger partial charge < -0.3 is 9.74 Å². The van der Waals surface area contributed by atoms with Gasteiger partial charge in [-0.05, 0) is 59.3 Å². The molecule has 1 aromatic carbocycles. The van der Waals surface area contributed by atoms with Gasteiger partial charge in [0.1, 0.15) is 0 Å². The fourth-order valence-electron chi connectivity index (χ4n) is 2.35. The van der Waals surface area contributed by atoms with E-state index in [1.807, 2.05) is 0 Å². The maximum atomic E-state index is 5.12. The number of halogens is 1. The molecular formula is C13H19BrN2O. The third-order valence-electron chi connectivity index (χ3n) is 3.39.